The van der Waals surface area contributed by atoms with Crippen molar-refractivity contribution in [3.8, 4) is 22.5 Å². The lowest BCUT2D eigenvalue weighted by atomic mass is 9.99. The number of rotatable bonds is 4. The molecule has 0 radical (unpaired) electrons. The van der Waals surface area contributed by atoms with Crippen LogP contribution in [0.15, 0.2) is 88.9 Å². The third kappa shape index (κ3) is 3.19. The molecule has 3 aromatic heterocycles. The van der Waals surface area contributed by atoms with Crippen LogP contribution in [0.3, 0.4) is 0 Å². The Hall–Kier alpha value is -3.77. The van der Waals surface area contributed by atoms with E-state index in [0.29, 0.717) is 27.6 Å². The number of nitrogens with one attached hydrogen (secondary N) is 1. The van der Waals surface area contributed by atoms with Gasteiger partial charge in [-0.25, -0.2) is 9.97 Å². The molecule has 5 nitrogen and oxygen atoms in total. The maximum absolute atomic E-state index is 12.7. The van der Waals surface area contributed by atoms with Gasteiger partial charge in [-0.05, 0) is 17.0 Å². The minimum absolute atomic E-state index is 0.207. The molecule has 2 aromatic carbocycles. The van der Waals surface area contributed by atoms with Gasteiger partial charge in [0.25, 0.3) is 5.91 Å². The largest absolute Gasteiger partial charge is 0.437 e. The monoisotopic (exact) mass is 397 g/mol. The number of carbonyl (C=O) groups is 1. The third-order valence-corrected chi connectivity index (χ3v) is 5.43. The summed E-state index contributed by atoms with van der Waals surface area (Å²) in [6.07, 6.45) is 1.40. The molecule has 5 rings (SSSR count). The van der Waals surface area contributed by atoms with Crippen LogP contribution in [-0.4, -0.2) is 15.9 Å². The van der Waals surface area contributed by atoms with Gasteiger partial charge in [-0.3, -0.25) is 4.79 Å². The molecule has 0 bridgehead atoms. The van der Waals surface area contributed by atoms with Gasteiger partial charge in [-0.2, -0.15) is 0 Å². The smallest absolute Gasteiger partial charge is 0.266 e. The predicted molar refractivity (Wildman–Crippen MR) is 115 cm³/mol. The van der Waals surface area contributed by atoms with E-state index in [9.17, 15) is 4.79 Å². The summed E-state index contributed by atoms with van der Waals surface area (Å²) in [4.78, 5) is 21.9. The first-order valence-electron chi connectivity index (χ1n) is 9.04. The lowest BCUT2D eigenvalue weighted by Gasteiger charge is -2.07. The second kappa shape index (κ2) is 7.33. The fourth-order valence-electron chi connectivity index (χ4n) is 3.28. The summed E-state index contributed by atoms with van der Waals surface area (Å²) in [5.41, 5.74) is 3.18. The van der Waals surface area contributed by atoms with E-state index in [1.54, 1.807) is 6.07 Å². The van der Waals surface area contributed by atoms with Crippen molar-refractivity contribution >= 4 is 34.2 Å². The zero-order valence-electron chi connectivity index (χ0n) is 15.2. The van der Waals surface area contributed by atoms with Crippen LogP contribution in [0.25, 0.3) is 33.6 Å². The minimum Gasteiger partial charge on any atom is -0.437 e. The van der Waals surface area contributed by atoms with Gasteiger partial charge in [0.15, 0.2) is 0 Å². The summed E-state index contributed by atoms with van der Waals surface area (Å²) in [6, 6.07) is 23.4. The summed E-state index contributed by atoms with van der Waals surface area (Å²) in [5, 5.41) is 5.47. The number of carbonyl (C=O) groups excluding carboxylic acids is 1. The molecule has 3 heterocycles. The second-order valence-electron chi connectivity index (χ2n) is 6.37. The van der Waals surface area contributed by atoms with E-state index in [1.165, 1.54) is 17.7 Å². The van der Waals surface area contributed by atoms with Crippen molar-refractivity contribution in [1.29, 1.82) is 0 Å². The van der Waals surface area contributed by atoms with Gasteiger partial charge < -0.3 is 9.73 Å². The topological polar surface area (TPSA) is 68.0 Å². The third-order valence-electron chi connectivity index (χ3n) is 4.56. The highest BCUT2D eigenvalue weighted by Gasteiger charge is 2.23. The number of nitrogens with zero attached hydrogens (tertiary/aromatic N) is 2. The van der Waals surface area contributed by atoms with Crippen molar-refractivity contribution in [3.05, 3.63) is 89.4 Å². The first kappa shape index (κ1) is 17.3. The Balaban J connectivity index is 1.74. The highest BCUT2D eigenvalue weighted by molar-refractivity contribution is 7.12. The standard InChI is InChI=1S/C23H15N3O2S/c27-22(17-12-7-13-29-17)26-21-19-18(15-8-3-1-4-9-15)20(16-10-5-2-6-11-16)28-23(19)25-14-24-21/h1-14H,(H,24,25,26,27). The molecule has 1 N–H and O–H groups in total. The molecule has 0 atom stereocenters. The van der Waals surface area contributed by atoms with Crippen molar-refractivity contribution in [2.45, 2.75) is 0 Å². The van der Waals surface area contributed by atoms with Crippen molar-refractivity contribution in [3.63, 3.8) is 0 Å². The second-order valence-corrected chi connectivity index (χ2v) is 7.32. The van der Waals surface area contributed by atoms with Crippen LogP contribution in [0.1, 0.15) is 9.67 Å². The number of benzene rings is 2. The fraction of sp³-hybridized carbons (Fsp3) is 0. The molecule has 0 aliphatic heterocycles. The first-order valence-corrected chi connectivity index (χ1v) is 9.92. The normalized spacial score (nSPS) is 10.9. The molecule has 0 saturated carbocycles. The molecular formula is C23H15N3O2S. The summed E-state index contributed by atoms with van der Waals surface area (Å²) < 4.78 is 6.15. The molecule has 0 fully saturated rings. The van der Waals surface area contributed by atoms with E-state index in [0.717, 1.165) is 16.7 Å². The Kier molecular flexibility index (Phi) is 4.38. The lowest BCUT2D eigenvalue weighted by Crippen LogP contribution is -2.11. The molecule has 29 heavy (non-hydrogen) atoms. The quantitative estimate of drug-likeness (QED) is 0.412. The first-order chi connectivity index (χ1) is 14.3. The molecular weight excluding hydrogens is 382 g/mol. The highest BCUT2D eigenvalue weighted by Crippen LogP contribution is 2.42. The molecule has 0 spiro atoms. The maximum Gasteiger partial charge on any atom is 0.266 e. The van der Waals surface area contributed by atoms with Crippen LogP contribution in [0.5, 0.6) is 0 Å². The Bertz CT molecular complexity index is 1280. The Labute approximate surface area is 170 Å². The molecule has 0 aliphatic rings. The van der Waals surface area contributed by atoms with Crippen molar-refractivity contribution in [1.82, 2.24) is 9.97 Å². The number of amides is 1. The van der Waals surface area contributed by atoms with Crippen molar-refractivity contribution < 1.29 is 9.21 Å². The van der Waals surface area contributed by atoms with Crippen LogP contribution >= 0.6 is 11.3 Å². The number of hydrogen-bond donors (Lipinski definition) is 1. The van der Waals surface area contributed by atoms with E-state index in [4.69, 9.17) is 4.42 Å². The number of anilines is 1. The molecule has 0 aliphatic carbocycles. The van der Waals surface area contributed by atoms with Gasteiger partial charge in [0.05, 0.1) is 10.3 Å². The van der Waals surface area contributed by atoms with Crippen LogP contribution in [-0.2, 0) is 0 Å². The molecule has 1 amide bonds. The minimum atomic E-state index is -0.207. The lowest BCUT2D eigenvalue weighted by molar-refractivity contribution is 0.103. The van der Waals surface area contributed by atoms with Crippen LogP contribution in [0, 0.1) is 0 Å². The Morgan fingerprint density at radius 3 is 2.28 bits per heavy atom. The van der Waals surface area contributed by atoms with Crippen molar-refractivity contribution in [2.75, 3.05) is 5.32 Å². The van der Waals surface area contributed by atoms with Crippen LogP contribution in [0.2, 0.25) is 0 Å². The van der Waals surface area contributed by atoms with E-state index in [1.807, 2.05) is 72.1 Å². The van der Waals surface area contributed by atoms with Crippen LogP contribution < -0.4 is 5.32 Å². The Morgan fingerprint density at radius 1 is 0.862 bits per heavy atom. The SMILES string of the molecule is O=C(Nc1ncnc2oc(-c3ccccc3)c(-c3ccccc3)c12)c1cccs1. The zero-order chi connectivity index (χ0) is 19.6. The summed E-state index contributed by atoms with van der Waals surface area (Å²) in [7, 11) is 0. The van der Waals surface area contributed by atoms with Gasteiger partial charge in [-0.15, -0.1) is 11.3 Å². The van der Waals surface area contributed by atoms with E-state index in [-0.39, 0.29) is 5.91 Å². The van der Waals surface area contributed by atoms with Crippen LogP contribution in [0.4, 0.5) is 5.82 Å². The number of furan rings is 1. The van der Waals surface area contributed by atoms with Gasteiger partial charge in [0.1, 0.15) is 17.9 Å². The number of fused-ring (bicyclic) bond motifs is 1. The van der Waals surface area contributed by atoms with Crippen molar-refractivity contribution in [2.24, 2.45) is 0 Å². The van der Waals surface area contributed by atoms with E-state index in [2.05, 4.69) is 15.3 Å². The molecule has 0 saturated heterocycles. The number of hydrogen-bond acceptors (Lipinski definition) is 5. The summed E-state index contributed by atoms with van der Waals surface area (Å²) >= 11 is 1.38. The number of aromatic nitrogens is 2. The maximum atomic E-state index is 12.7. The Morgan fingerprint density at radius 2 is 1.59 bits per heavy atom. The average Bonchev–Trinajstić information content (AvgIpc) is 3.44. The summed E-state index contributed by atoms with van der Waals surface area (Å²) in [6.45, 7) is 0. The molecule has 5 aromatic rings. The van der Waals surface area contributed by atoms with Gasteiger partial charge >= 0.3 is 0 Å². The molecule has 140 valence electrons. The van der Waals surface area contributed by atoms with E-state index < -0.39 is 0 Å². The predicted octanol–water partition coefficient (Wildman–Crippen LogP) is 5.87. The van der Waals surface area contributed by atoms with Gasteiger partial charge in [-0.1, -0.05) is 66.7 Å². The van der Waals surface area contributed by atoms with Gasteiger partial charge in [0, 0.05) is 11.1 Å². The average molecular weight is 397 g/mol. The summed E-state index contributed by atoms with van der Waals surface area (Å²) in [5.74, 6) is 0.915. The highest BCUT2D eigenvalue weighted by atomic mass is 32.1. The number of thiophene rings is 1. The molecule has 6 heteroatoms. The van der Waals surface area contributed by atoms with Gasteiger partial charge in [0.2, 0.25) is 5.71 Å². The van der Waals surface area contributed by atoms with E-state index >= 15 is 0 Å². The fourth-order valence-corrected chi connectivity index (χ4v) is 3.90. The zero-order valence-corrected chi connectivity index (χ0v) is 16.0. The molecule has 0 unspecified atom stereocenters.